The fourth-order valence-electron chi connectivity index (χ4n) is 11.5. The third kappa shape index (κ3) is 4.99. The first-order valence-corrected chi connectivity index (χ1v) is 19.8. The first kappa shape index (κ1) is 32.3. The molecule has 12 rings (SSSR count). The average molecular weight is 709 g/mol. The molecule has 1 spiro atoms. The fourth-order valence-corrected chi connectivity index (χ4v) is 11.5. The number of hydrogen-bond donors (Lipinski definition) is 0. The maximum absolute atomic E-state index is 10.1. The summed E-state index contributed by atoms with van der Waals surface area (Å²) < 4.78 is 0. The average Bonchev–Trinajstić information content (AvgIpc) is 3.54. The summed E-state index contributed by atoms with van der Waals surface area (Å²) in [6.45, 7) is 2.29. The molecule has 4 heteroatoms. The molecular formula is C51H40N4. The van der Waals surface area contributed by atoms with Crippen molar-refractivity contribution in [1.82, 2.24) is 15.0 Å². The normalized spacial score (nSPS) is 22.7. The Morgan fingerprint density at radius 2 is 1.02 bits per heavy atom. The molecule has 0 radical (unpaired) electrons. The standard InChI is InChI=1S/C51H40N4/c1-31-18-20-43(47-46(31)44-21-19-32(30-52)27-45(44)51(47)41-23-33-22-34(25-41)26-42(51)24-33)39-16-8-14-37(28-39)38-15-9-17-40(29-38)50-54-48(35-10-4-2-5-11-35)53-49(55-50)36-12-6-3-7-13-36/h2-21,27-29,33-34,41-42H,22-26H2,1H3. The Morgan fingerprint density at radius 1 is 0.509 bits per heavy atom. The highest BCUT2D eigenvalue weighted by Gasteiger charge is 2.62. The van der Waals surface area contributed by atoms with E-state index in [1.54, 1.807) is 0 Å². The van der Waals surface area contributed by atoms with E-state index < -0.39 is 0 Å². The summed E-state index contributed by atoms with van der Waals surface area (Å²) in [6, 6.07) is 51.8. The molecule has 55 heavy (non-hydrogen) atoms. The van der Waals surface area contributed by atoms with Gasteiger partial charge in [-0.3, -0.25) is 0 Å². The van der Waals surface area contributed by atoms with Crippen molar-refractivity contribution in [3.63, 3.8) is 0 Å². The van der Waals surface area contributed by atoms with Gasteiger partial charge in [-0.05, 0) is 137 Å². The lowest BCUT2D eigenvalue weighted by atomic mass is 9.42. The summed E-state index contributed by atoms with van der Waals surface area (Å²) in [5.41, 5.74) is 15.5. The van der Waals surface area contributed by atoms with Gasteiger partial charge in [-0.25, -0.2) is 15.0 Å². The summed E-state index contributed by atoms with van der Waals surface area (Å²) >= 11 is 0. The molecule has 4 saturated carbocycles. The lowest BCUT2D eigenvalue weighted by Gasteiger charge is -2.61. The van der Waals surface area contributed by atoms with E-state index in [0.717, 1.165) is 45.2 Å². The smallest absolute Gasteiger partial charge is 0.164 e. The largest absolute Gasteiger partial charge is 0.208 e. The van der Waals surface area contributed by atoms with Gasteiger partial charge in [0.1, 0.15) is 0 Å². The van der Waals surface area contributed by atoms with Gasteiger partial charge in [0.25, 0.3) is 0 Å². The van der Waals surface area contributed by atoms with Gasteiger partial charge in [-0.2, -0.15) is 5.26 Å². The van der Waals surface area contributed by atoms with Gasteiger partial charge in [0.15, 0.2) is 17.5 Å². The zero-order valence-electron chi connectivity index (χ0n) is 30.9. The van der Waals surface area contributed by atoms with Gasteiger partial charge in [0.05, 0.1) is 11.6 Å². The van der Waals surface area contributed by atoms with Crippen molar-refractivity contribution in [2.45, 2.75) is 44.4 Å². The zero-order valence-corrected chi connectivity index (χ0v) is 30.9. The number of aryl methyl sites for hydroxylation is 1. The lowest BCUT2D eigenvalue weighted by Crippen LogP contribution is -2.55. The van der Waals surface area contributed by atoms with E-state index in [-0.39, 0.29) is 5.41 Å². The molecule has 7 aromatic rings. The minimum absolute atomic E-state index is 0.0478. The van der Waals surface area contributed by atoms with Gasteiger partial charge in [0.2, 0.25) is 0 Å². The van der Waals surface area contributed by atoms with Crippen LogP contribution in [0.5, 0.6) is 0 Å². The van der Waals surface area contributed by atoms with Crippen LogP contribution in [0.15, 0.2) is 140 Å². The van der Waals surface area contributed by atoms with E-state index in [0.29, 0.717) is 29.3 Å². The van der Waals surface area contributed by atoms with Crippen LogP contribution in [0.3, 0.4) is 0 Å². The molecule has 0 saturated heterocycles. The van der Waals surface area contributed by atoms with E-state index in [2.05, 4.69) is 85.8 Å². The predicted molar refractivity (Wildman–Crippen MR) is 220 cm³/mol. The van der Waals surface area contributed by atoms with E-state index in [4.69, 9.17) is 15.0 Å². The molecule has 0 aliphatic heterocycles. The van der Waals surface area contributed by atoms with Crippen molar-refractivity contribution >= 4 is 0 Å². The van der Waals surface area contributed by atoms with Crippen LogP contribution in [0.25, 0.3) is 67.5 Å². The molecule has 5 aliphatic carbocycles. The monoisotopic (exact) mass is 708 g/mol. The van der Waals surface area contributed by atoms with Crippen molar-refractivity contribution in [1.29, 1.82) is 5.26 Å². The lowest BCUT2D eigenvalue weighted by molar-refractivity contribution is -0.0397. The third-order valence-corrected chi connectivity index (χ3v) is 13.4. The van der Waals surface area contributed by atoms with Crippen molar-refractivity contribution in [3.8, 4) is 73.6 Å². The summed E-state index contributed by atoms with van der Waals surface area (Å²) in [5.74, 6) is 4.89. The predicted octanol–water partition coefficient (Wildman–Crippen LogP) is 12.1. The Bertz CT molecular complexity index is 2600. The number of fused-ring (bicyclic) bond motifs is 3. The summed E-state index contributed by atoms with van der Waals surface area (Å²) in [4.78, 5) is 15.0. The highest BCUT2D eigenvalue weighted by Crippen LogP contribution is 2.70. The van der Waals surface area contributed by atoms with Crippen LogP contribution in [0.1, 0.15) is 54.4 Å². The van der Waals surface area contributed by atoms with Gasteiger partial charge in [0, 0.05) is 22.1 Å². The molecule has 4 fully saturated rings. The zero-order chi connectivity index (χ0) is 36.7. The van der Waals surface area contributed by atoms with Gasteiger partial charge >= 0.3 is 0 Å². The van der Waals surface area contributed by atoms with Crippen LogP contribution in [0.2, 0.25) is 0 Å². The highest BCUT2D eigenvalue weighted by atomic mass is 15.0. The van der Waals surface area contributed by atoms with Crippen LogP contribution >= 0.6 is 0 Å². The number of benzene rings is 6. The molecular weight excluding hydrogens is 669 g/mol. The van der Waals surface area contributed by atoms with Crippen molar-refractivity contribution in [2.24, 2.45) is 23.7 Å². The minimum atomic E-state index is -0.0478. The van der Waals surface area contributed by atoms with Crippen LogP contribution < -0.4 is 0 Å². The number of nitriles is 1. The molecule has 0 unspecified atom stereocenters. The Morgan fingerprint density at radius 3 is 1.62 bits per heavy atom. The first-order chi connectivity index (χ1) is 27.1. The number of hydrogen-bond acceptors (Lipinski definition) is 4. The van der Waals surface area contributed by atoms with Gasteiger partial charge in [-0.15, -0.1) is 0 Å². The van der Waals surface area contributed by atoms with E-state index in [9.17, 15) is 5.26 Å². The minimum Gasteiger partial charge on any atom is -0.208 e. The van der Waals surface area contributed by atoms with Gasteiger partial charge < -0.3 is 0 Å². The summed E-state index contributed by atoms with van der Waals surface area (Å²) in [7, 11) is 0. The third-order valence-electron chi connectivity index (χ3n) is 13.4. The second-order valence-corrected chi connectivity index (χ2v) is 16.4. The summed E-state index contributed by atoms with van der Waals surface area (Å²) in [5, 5.41) is 10.1. The topological polar surface area (TPSA) is 62.5 Å². The molecule has 0 amide bonds. The molecule has 0 atom stereocenters. The quantitative estimate of drug-likeness (QED) is 0.179. The Hall–Kier alpha value is -6.18. The molecule has 1 aromatic heterocycles. The molecule has 5 aliphatic rings. The first-order valence-electron chi connectivity index (χ1n) is 19.8. The maximum Gasteiger partial charge on any atom is 0.164 e. The molecule has 0 N–H and O–H groups in total. The van der Waals surface area contributed by atoms with Crippen LogP contribution in [-0.2, 0) is 5.41 Å². The van der Waals surface area contributed by atoms with Crippen molar-refractivity contribution in [2.75, 3.05) is 0 Å². The van der Waals surface area contributed by atoms with Crippen molar-refractivity contribution < 1.29 is 0 Å². The molecule has 264 valence electrons. The van der Waals surface area contributed by atoms with Crippen LogP contribution in [-0.4, -0.2) is 15.0 Å². The summed E-state index contributed by atoms with van der Waals surface area (Å²) in [6.07, 6.45) is 6.63. The van der Waals surface area contributed by atoms with Crippen LogP contribution in [0, 0.1) is 41.9 Å². The number of nitrogens with zero attached hydrogens (tertiary/aromatic N) is 4. The fraction of sp³-hybridized carbons (Fsp3) is 0.216. The number of aromatic nitrogens is 3. The second-order valence-electron chi connectivity index (χ2n) is 16.4. The van der Waals surface area contributed by atoms with E-state index >= 15 is 0 Å². The highest BCUT2D eigenvalue weighted by molar-refractivity contribution is 5.92. The van der Waals surface area contributed by atoms with Gasteiger partial charge in [-0.1, -0.05) is 115 Å². The SMILES string of the molecule is Cc1ccc(-c2cccc(-c3cccc(-c4nc(-c5ccccc5)nc(-c5ccccc5)n4)c3)c2)c2c1-c1ccc(C#N)cc1C21C2CC3CC(C2)CC1C3. The van der Waals surface area contributed by atoms with Crippen molar-refractivity contribution in [3.05, 3.63) is 162 Å². The Kier molecular flexibility index (Phi) is 7.29. The maximum atomic E-state index is 10.1. The Balaban J connectivity index is 1.04. The van der Waals surface area contributed by atoms with E-state index in [1.807, 2.05) is 66.7 Å². The molecule has 4 nitrogen and oxygen atoms in total. The molecule has 6 aromatic carbocycles. The Labute approximate surface area is 322 Å². The number of rotatable bonds is 5. The molecule has 1 heterocycles. The molecule has 4 bridgehead atoms. The van der Waals surface area contributed by atoms with Crippen LogP contribution in [0.4, 0.5) is 0 Å². The van der Waals surface area contributed by atoms with E-state index in [1.165, 1.54) is 71.0 Å². The second kappa shape index (κ2) is 12.4.